The van der Waals surface area contributed by atoms with Gasteiger partial charge < -0.3 is 19.5 Å². The van der Waals surface area contributed by atoms with E-state index in [9.17, 15) is 32.9 Å². The van der Waals surface area contributed by atoms with Crippen LogP contribution >= 0.6 is 10.8 Å². The van der Waals surface area contributed by atoms with E-state index in [1.54, 1.807) is 73.7 Å². The van der Waals surface area contributed by atoms with Gasteiger partial charge in [-0.15, -0.1) is 0 Å². The number of nitro groups is 1. The van der Waals surface area contributed by atoms with Gasteiger partial charge in [0.2, 0.25) is 8.87 Å². The lowest BCUT2D eigenvalue weighted by Gasteiger charge is -2.46. The van der Waals surface area contributed by atoms with Crippen molar-refractivity contribution in [2.45, 2.75) is 43.4 Å². The van der Waals surface area contributed by atoms with Crippen LogP contribution in [0.3, 0.4) is 0 Å². The Bertz CT molecular complexity index is 2020. The Morgan fingerprint density at radius 2 is 1.45 bits per heavy atom. The molecule has 2 unspecified atom stereocenters. The molecule has 4 aromatic carbocycles. The van der Waals surface area contributed by atoms with E-state index in [-0.39, 0.29) is 35.3 Å². The number of β-lactam (4-membered cyclic amide) rings is 1. The number of carbonyl (C=O) groups is 3. The number of hydrogen-bond donors (Lipinski definition) is 1. The van der Waals surface area contributed by atoms with E-state index in [2.05, 4.69) is 5.32 Å². The number of hydrogen-bond acceptors (Lipinski definition) is 11. The first-order valence-corrected chi connectivity index (χ1v) is 18.4. The number of nitrogens with zero attached hydrogens (tertiary/aromatic N) is 2. The Morgan fingerprint density at radius 3 is 2.08 bits per heavy atom. The van der Waals surface area contributed by atoms with Crippen molar-refractivity contribution in [2.75, 3.05) is 6.61 Å². The zero-order valence-corrected chi connectivity index (χ0v) is 29.1. The highest BCUT2D eigenvalue weighted by atomic mass is 33.1. The standard InChI is InChI=1S/C36H33N3O10S2/c1-24-13-19-30(20-14-24)51(45,46)50-35-32(37-31(40)23-48-29-11-7-4-8-12-29)34(41)38(35)33(25(2)47-21-26-9-5-3-6-10-26)36(42)49-22-27-15-17-28(18-16-27)39(43)44/h3-20,32,35H,21-23H2,1-2H3,(H,37,40). The lowest BCUT2D eigenvalue weighted by molar-refractivity contribution is -0.384. The Kier molecular flexibility index (Phi) is 11.7. The second kappa shape index (κ2) is 16.4. The lowest BCUT2D eigenvalue weighted by Crippen LogP contribution is -2.70. The molecule has 4 aromatic rings. The van der Waals surface area contributed by atoms with Crippen LogP contribution < -0.4 is 10.1 Å². The van der Waals surface area contributed by atoms with E-state index < -0.39 is 49.6 Å². The Hall–Kier alpha value is -5.67. The molecule has 0 aliphatic carbocycles. The number of carbonyl (C=O) groups excluding carboxylic acids is 3. The van der Waals surface area contributed by atoms with E-state index in [0.717, 1.165) is 16.0 Å². The van der Waals surface area contributed by atoms with Gasteiger partial charge >= 0.3 is 5.97 Å². The minimum absolute atomic E-state index is 0.00427. The predicted octanol–water partition coefficient (Wildman–Crippen LogP) is 5.25. The van der Waals surface area contributed by atoms with Crippen LogP contribution in [0.1, 0.15) is 23.6 Å². The molecule has 0 spiro atoms. The van der Waals surface area contributed by atoms with Gasteiger partial charge in [0.25, 0.3) is 17.5 Å². The summed E-state index contributed by atoms with van der Waals surface area (Å²) in [6.07, 6.45) is 0. The van der Waals surface area contributed by atoms with Gasteiger partial charge in [0, 0.05) is 22.9 Å². The maximum atomic E-state index is 13.8. The van der Waals surface area contributed by atoms with Crippen LogP contribution in [0.25, 0.3) is 0 Å². The zero-order valence-electron chi connectivity index (χ0n) is 27.5. The molecule has 0 bridgehead atoms. The fraction of sp³-hybridized carbons (Fsp3) is 0.194. The first kappa shape index (κ1) is 36.6. The summed E-state index contributed by atoms with van der Waals surface area (Å²) in [5.41, 5.74) is 1.47. The second-order valence-corrected chi connectivity index (χ2v) is 15.2. The minimum atomic E-state index is -4.15. The molecule has 1 heterocycles. The number of allylic oxidation sites excluding steroid dienone is 1. The van der Waals surface area contributed by atoms with Crippen LogP contribution in [0.15, 0.2) is 126 Å². The van der Waals surface area contributed by atoms with Gasteiger partial charge in [-0.3, -0.25) is 24.6 Å². The molecule has 1 aliphatic rings. The summed E-state index contributed by atoms with van der Waals surface area (Å²) < 4.78 is 44.3. The van der Waals surface area contributed by atoms with Crippen molar-refractivity contribution < 1.29 is 41.9 Å². The molecule has 1 fully saturated rings. The van der Waals surface area contributed by atoms with Crippen molar-refractivity contribution in [3.8, 4) is 5.75 Å². The zero-order chi connectivity index (χ0) is 36.5. The van der Waals surface area contributed by atoms with Gasteiger partial charge in [-0.05, 0) is 61.4 Å². The molecule has 2 atom stereocenters. The smallest absolute Gasteiger partial charge is 0.358 e. The van der Waals surface area contributed by atoms with E-state index in [4.69, 9.17) is 14.2 Å². The third-order valence-corrected chi connectivity index (χ3v) is 11.3. The molecule has 2 amide bonds. The molecule has 51 heavy (non-hydrogen) atoms. The topological polar surface area (TPSA) is 171 Å². The predicted molar refractivity (Wildman–Crippen MR) is 187 cm³/mol. The van der Waals surface area contributed by atoms with Crippen LogP contribution in [-0.2, 0) is 45.9 Å². The van der Waals surface area contributed by atoms with Crippen molar-refractivity contribution in [3.05, 3.63) is 147 Å². The summed E-state index contributed by atoms with van der Waals surface area (Å²) >= 11 is 0. The number of rotatable bonds is 15. The Labute approximate surface area is 297 Å². The fourth-order valence-electron chi connectivity index (χ4n) is 4.88. The number of non-ortho nitro benzene ring substituents is 1. The molecule has 13 nitrogen and oxygen atoms in total. The number of likely N-dealkylation sites (tertiary alicyclic amines) is 1. The van der Waals surface area contributed by atoms with Crippen LogP contribution in [-0.4, -0.2) is 54.0 Å². The number of esters is 1. The molecule has 1 aliphatic heterocycles. The minimum Gasteiger partial charge on any atom is -0.491 e. The summed E-state index contributed by atoms with van der Waals surface area (Å²) in [5, 5.41) is 12.3. The average Bonchev–Trinajstić information content (AvgIpc) is 3.13. The summed E-state index contributed by atoms with van der Waals surface area (Å²) in [6.45, 7) is 2.45. The van der Waals surface area contributed by atoms with Gasteiger partial charge in [-0.25, -0.2) is 13.2 Å². The number of nitro benzene ring substituents is 1. The first-order chi connectivity index (χ1) is 24.4. The average molecular weight is 732 g/mol. The third kappa shape index (κ3) is 9.32. The molecular weight excluding hydrogens is 699 g/mol. The first-order valence-electron chi connectivity index (χ1n) is 15.5. The van der Waals surface area contributed by atoms with Gasteiger partial charge in [-0.2, -0.15) is 0 Å². The molecule has 0 aromatic heterocycles. The second-order valence-electron chi connectivity index (χ2n) is 11.3. The lowest BCUT2D eigenvalue weighted by atomic mass is 10.1. The molecule has 0 radical (unpaired) electrons. The summed E-state index contributed by atoms with van der Waals surface area (Å²) in [6, 6.07) is 27.6. The molecular formula is C36H33N3O10S2. The van der Waals surface area contributed by atoms with Crippen LogP contribution in [0.2, 0.25) is 0 Å². The number of ether oxygens (including phenoxy) is 3. The fourth-order valence-corrected chi connectivity index (χ4v) is 8.35. The van der Waals surface area contributed by atoms with Crippen molar-refractivity contribution in [3.63, 3.8) is 0 Å². The Balaban J connectivity index is 1.45. The molecule has 1 saturated heterocycles. The maximum Gasteiger partial charge on any atom is 0.358 e. The van der Waals surface area contributed by atoms with Gasteiger partial charge in [0.05, 0.1) is 9.82 Å². The summed E-state index contributed by atoms with van der Waals surface area (Å²) in [7, 11) is -3.77. The molecule has 1 N–H and O–H groups in total. The number of aryl methyl sites for hydroxylation is 1. The van der Waals surface area contributed by atoms with Crippen molar-refractivity contribution in [1.82, 2.24) is 10.2 Å². The normalized spacial score (nSPS) is 16.0. The molecule has 0 saturated carbocycles. The number of para-hydroxylation sites is 1. The molecule has 5 rings (SSSR count). The summed E-state index contributed by atoms with van der Waals surface area (Å²) in [4.78, 5) is 52.0. The number of amides is 2. The van der Waals surface area contributed by atoms with Crippen molar-refractivity contribution >= 4 is 43.1 Å². The van der Waals surface area contributed by atoms with Gasteiger partial charge in [-0.1, -0.05) is 66.2 Å². The monoisotopic (exact) mass is 731 g/mol. The quantitative estimate of drug-likeness (QED) is 0.0322. The van der Waals surface area contributed by atoms with E-state index in [1.807, 2.05) is 6.07 Å². The number of benzene rings is 4. The van der Waals surface area contributed by atoms with Crippen LogP contribution in [0.4, 0.5) is 5.69 Å². The molecule has 264 valence electrons. The Morgan fingerprint density at radius 1 is 0.863 bits per heavy atom. The highest BCUT2D eigenvalue weighted by Gasteiger charge is 2.55. The van der Waals surface area contributed by atoms with E-state index >= 15 is 0 Å². The SMILES string of the molecule is CC(OCc1ccccc1)=C(C(=O)OCc1ccc([N+](=O)[O-])cc1)N1C(=O)C(NC(=O)COc2ccccc2)C1SS(=O)(=O)c1ccc(C)cc1. The van der Waals surface area contributed by atoms with Crippen LogP contribution in [0.5, 0.6) is 5.75 Å². The largest absolute Gasteiger partial charge is 0.491 e. The van der Waals surface area contributed by atoms with Crippen molar-refractivity contribution in [2.24, 2.45) is 0 Å². The molecule has 15 heteroatoms. The highest BCUT2D eigenvalue weighted by molar-refractivity contribution is 8.72. The van der Waals surface area contributed by atoms with Gasteiger partial charge in [0.15, 0.2) is 12.3 Å². The number of nitrogens with one attached hydrogen (secondary N) is 1. The maximum absolute atomic E-state index is 13.8. The van der Waals surface area contributed by atoms with Crippen molar-refractivity contribution in [1.29, 1.82) is 0 Å². The van der Waals surface area contributed by atoms with E-state index in [1.165, 1.54) is 43.3 Å². The highest BCUT2D eigenvalue weighted by Crippen LogP contribution is 2.40. The summed E-state index contributed by atoms with van der Waals surface area (Å²) in [5.74, 6) is -2.14. The van der Waals surface area contributed by atoms with Gasteiger partial charge in [0.1, 0.15) is 36.1 Å². The third-order valence-electron chi connectivity index (χ3n) is 7.59. The van der Waals surface area contributed by atoms with Crippen LogP contribution in [0, 0.1) is 17.0 Å². The van der Waals surface area contributed by atoms with E-state index in [0.29, 0.717) is 22.1 Å².